The van der Waals surface area contributed by atoms with Gasteiger partial charge in [-0.15, -0.1) is 11.8 Å². The van der Waals surface area contributed by atoms with Crippen molar-refractivity contribution in [1.29, 1.82) is 0 Å². The van der Waals surface area contributed by atoms with Crippen LogP contribution in [0.1, 0.15) is 109 Å². The van der Waals surface area contributed by atoms with Crippen molar-refractivity contribution in [1.82, 2.24) is 35.1 Å². The minimum atomic E-state index is -1.13. The number of rotatable bonds is 7. The number of carbonyl (C=O) groups excluding carboxylic acids is 3. The average molecular weight is 882 g/mol. The maximum atomic E-state index is 14.6. The van der Waals surface area contributed by atoms with Crippen LogP contribution in [-0.2, 0) is 36.8 Å². The first kappa shape index (κ1) is 44.2. The van der Waals surface area contributed by atoms with Crippen LogP contribution >= 0.6 is 11.8 Å². The molecule has 2 N–H and O–H groups in total. The number of esters is 1. The number of aryl methyl sites for hydroxylation is 1. The lowest BCUT2D eigenvalue weighted by Crippen LogP contribution is -2.66. The number of fused-ring (bicyclic) bond motifs is 7. The molecule has 6 aliphatic rings. The van der Waals surface area contributed by atoms with Crippen LogP contribution in [0.2, 0.25) is 0 Å². The van der Waals surface area contributed by atoms with Crippen molar-refractivity contribution in [3.8, 4) is 11.3 Å². The molecular weight excluding hydrogens is 815 g/mol. The fourth-order valence-corrected chi connectivity index (χ4v) is 12.3. The number of carbonyl (C=O) groups is 3. The van der Waals surface area contributed by atoms with Gasteiger partial charge in [0.1, 0.15) is 17.1 Å². The van der Waals surface area contributed by atoms with E-state index >= 15 is 0 Å². The Bertz CT molecular complexity index is 2300. The van der Waals surface area contributed by atoms with Crippen molar-refractivity contribution in [2.24, 2.45) is 10.4 Å². The molecule has 63 heavy (non-hydrogen) atoms. The van der Waals surface area contributed by atoms with Crippen molar-refractivity contribution in [2.45, 2.75) is 128 Å². The number of cyclic esters (lactones) is 1. The number of hydrazine groups is 1. The zero-order valence-corrected chi connectivity index (χ0v) is 39.4. The van der Waals surface area contributed by atoms with Gasteiger partial charge in [0, 0.05) is 86.5 Å². The van der Waals surface area contributed by atoms with Gasteiger partial charge in [0.2, 0.25) is 5.91 Å². The summed E-state index contributed by atoms with van der Waals surface area (Å²) in [6, 6.07) is 8.51. The molecule has 2 amide bonds. The summed E-state index contributed by atoms with van der Waals surface area (Å²) < 4.78 is 14.7. The summed E-state index contributed by atoms with van der Waals surface area (Å²) in [5.74, 6) is 0.0000507. The predicted molar refractivity (Wildman–Crippen MR) is 249 cm³/mol. The van der Waals surface area contributed by atoms with Gasteiger partial charge in [0.15, 0.2) is 0 Å². The third-order valence-corrected chi connectivity index (χ3v) is 16.3. The molecule has 8 bridgehead atoms. The van der Waals surface area contributed by atoms with E-state index in [2.05, 4.69) is 89.0 Å². The first-order chi connectivity index (χ1) is 30.1. The SMILES string of the molecule is CCn1c(-c2cc(N3CCN(C)CC3)cnc2[C@H](C)OC)c2c3cc(ccc31)C1CSC(=N1)C[C@H](NC(=O)C13CCC(CC1)N3C)C(=O)N1CCC[C@@](C)(N1)C(=O)OCC(C)(C)C2. The van der Waals surface area contributed by atoms with Crippen LogP contribution in [0.5, 0.6) is 0 Å². The summed E-state index contributed by atoms with van der Waals surface area (Å²) in [4.78, 5) is 60.7. The number of aromatic nitrogens is 2. The van der Waals surface area contributed by atoms with Crippen molar-refractivity contribution in [3.05, 3.63) is 47.3 Å². The van der Waals surface area contributed by atoms with E-state index in [1.807, 2.05) is 20.2 Å². The van der Waals surface area contributed by atoms with Crippen LogP contribution in [0.4, 0.5) is 5.69 Å². The molecule has 15 heteroatoms. The molecule has 1 aromatic carbocycles. The van der Waals surface area contributed by atoms with E-state index in [1.54, 1.807) is 23.9 Å². The summed E-state index contributed by atoms with van der Waals surface area (Å²) in [6.07, 6.45) is 7.35. The van der Waals surface area contributed by atoms with Crippen LogP contribution in [0.25, 0.3) is 22.2 Å². The minimum Gasteiger partial charge on any atom is -0.464 e. The molecule has 4 fully saturated rings. The number of pyridine rings is 1. The summed E-state index contributed by atoms with van der Waals surface area (Å²) >= 11 is 1.67. The van der Waals surface area contributed by atoms with E-state index in [4.69, 9.17) is 19.5 Å². The molecule has 14 nitrogen and oxygen atoms in total. The zero-order chi connectivity index (χ0) is 44.4. The first-order valence-corrected chi connectivity index (χ1v) is 24.2. The van der Waals surface area contributed by atoms with Crippen molar-refractivity contribution in [3.63, 3.8) is 0 Å². The average Bonchev–Trinajstić information content (AvgIpc) is 4.05. The number of nitrogens with one attached hydrogen (secondary N) is 2. The molecule has 9 rings (SSSR count). The number of amides is 2. The Balaban J connectivity index is 1.15. The number of likely N-dealkylation sites (N-methyl/N-ethyl adjacent to an activating group) is 2. The normalized spacial score (nSPS) is 29.8. The second-order valence-corrected chi connectivity index (χ2v) is 21.1. The highest BCUT2D eigenvalue weighted by atomic mass is 32.2. The van der Waals surface area contributed by atoms with Crippen LogP contribution in [0.15, 0.2) is 35.5 Å². The highest BCUT2D eigenvalue weighted by Crippen LogP contribution is 2.46. The Hall–Kier alpha value is -4.02. The second kappa shape index (κ2) is 17.1. The fraction of sp³-hybridized carbons (Fsp3) is 0.646. The highest BCUT2D eigenvalue weighted by Gasteiger charge is 2.55. The number of ether oxygens (including phenoxy) is 2. The standard InChI is InChI=1S/C48H67N9O5S/c1-9-56-39-12-11-31-23-34(39)36(42(56)35-24-33(27-49-41(35)30(2)61-8)55-21-19-53(6)20-22-55)26-46(3,4)29-62-45(60)47(5)15-10-18-57(52-47)43(58)37(25-40-50-38(31)28-63-40)51-44(59)48-16-13-32(14-17-48)54(48)7/h11-12,23-24,27,30,32,37-38,52H,9-10,13-22,25-26,28-29H2,1-8H3,(H,51,59)/t30-,32?,37-,38?,47+,48?/m0/s1. The van der Waals surface area contributed by atoms with Crippen LogP contribution in [-0.4, -0.2) is 137 Å². The van der Waals surface area contributed by atoms with Gasteiger partial charge < -0.3 is 29.2 Å². The number of hydrogen-bond acceptors (Lipinski definition) is 12. The quantitative estimate of drug-likeness (QED) is 0.276. The lowest BCUT2D eigenvalue weighted by atomic mass is 9.84. The van der Waals surface area contributed by atoms with Gasteiger partial charge in [-0.3, -0.25) is 29.5 Å². The highest BCUT2D eigenvalue weighted by molar-refractivity contribution is 8.14. The number of piperazine rings is 1. The number of aliphatic imine (C=N–C) groups is 1. The van der Waals surface area contributed by atoms with Crippen molar-refractivity contribution < 1.29 is 23.9 Å². The molecule has 0 aliphatic carbocycles. The number of hydrogen-bond donors (Lipinski definition) is 2. The number of benzene rings is 1. The van der Waals surface area contributed by atoms with Crippen LogP contribution in [0, 0.1) is 5.41 Å². The Kier molecular flexibility index (Phi) is 12.0. The molecule has 2 aromatic heterocycles. The van der Waals surface area contributed by atoms with Crippen molar-refractivity contribution >= 4 is 51.2 Å². The summed E-state index contributed by atoms with van der Waals surface area (Å²) in [5.41, 5.74) is 8.66. The molecule has 4 saturated heterocycles. The third-order valence-electron chi connectivity index (χ3n) is 15.2. The molecule has 0 radical (unpaired) electrons. The minimum absolute atomic E-state index is 0.0893. The number of thioether (sulfide) groups is 1. The second-order valence-electron chi connectivity index (χ2n) is 20.1. The van der Waals surface area contributed by atoms with Crippen LogP contribution < -0.4 is 15.6 Å². The first-order valence-electron chi connectivity index (χ1n) is 23.2. The van der Waals surface area contributed by atoms with Gasteiger partial charge in [-0.1, -0.05) is 19.9 Å². The monoisotopic (exact) mass is 881 g/mol. The van der Waals surface area contributed by atoms with Crippen LogP contribution in [0.3, 0.4) is 0 Å². The molecule has 3 aromatic rings. The van der Waals surface area contributed by atoms with E-state index in [9.17, 15) is 14.4 Å². The summed E-state index contributed by atoms with van der Waals surface area (Å²) in [7, 11) is 5.96. The number of nitrogens with zero attached hydrogens (tertiary/aromatic N) is 7. The van der Waals surface area contributed by atoms with E-state index in [0.29, 0.717) is 31.8 Å². The number of methoxy groups -OCH3 is 1. The smallest absolute Gasteiger partial charge is 0.327 e. The molecular formula is C48H67N9O5S. The largest absolute Gasteiger partial charge is 0.464 e. The molecule has 0 saturated carbocycles. The van der Waals surface area contributed by atoms with E-state index in [1.165, 1.54) is 5.56 Å². The van der Waals surface area contributed by atoms with Gasteiger partial charge in [0.05, 0.1) is 47.1 Å². The summed E-state index contributed by atoms with van der Waals surface area (Å²) in [6.45, 7) is 15.6. The zero-order valence-electron chi connectivity index (χ0n) is 38.6. The van der Waals surface area contributed by atoms with E-state index < -0.39 is 28.5 Å². The Morgan fingerprint density at radius 2 is 1.83 bits per heavy atom. The Morgan fingerprint density at radius 1 is 1.06 bits per heavy atom. The van der Waals surface area contributed by atoms with Crippen molar-refractivity contribution in [2.75, 3.05) is 71.2 Å². The Labute approximate surface area is 376 Å². The van der Waals surface area contributed by atoms with E-state index in [0.717, 1.165) is 108 Å². The molecule has 340 valence electrons. The van der Waals surface area contributed by atoms with Gasteiger partial charge in [0.25, 0.3) is 5.91 Å². The maximum absolute atomic E-state index is 14.6. The van der Waals surface area contributed by atoms with Gasteiger partial charge in [-0.25, -0.2) is 10.2 Å². The Morgan fingerprint density at radius 3 is 2.52 bits per heavy atom. The topological polar surface area (TPSA) is 137 Å². The molecule has 8 heterocycles. The van der Waals surface area contributed by atoms with Gasteiger partial charge in [-0.05, 0) is 109 Å². The molecule has 6 aliphatic heterocycles. The van der Waals surface area contributed by atoms with Gasteiger partial charge in [-0.2, -0.15) is 0 Å². The van der Waals surface area contributed by atoms with E-state index in [-0.39, 0.29) is 37.0 Å². The summed E-state index contributed by atoms with van der Waals surface area (Å²) in [5, 5.41) is 6.79. The lowest BCUT2D eigenvalue weighted by molar-refractivity contribution is -0.162. The van der Waals surface area contributed by atoms with Gasteiger partial charge >= 0.3 is 5.97 Å². The molecule has 4 atom stereocenters. The third kappa shape index (κ3) is 8.08. The molecule has 0 spiro atoms. The maximum Gasteiger partial charge on any atom is 0.327 e. The predicted octanol–water partition coefficient (Wildman–Crippen LogP) is 5.88. The lowest BCUT2D eigenvalue weighted by Gasteiger charge is -2.41. The number of anilines is 1. The fourth-order valence-electron chi connectivity index (χ4n) is 11.2. The molecule has 1 unspecified atom stereocenters.